The van der Waals surface area contributed by atoms with Crippen molar-refractivity contribution in [2.75, 3.05) is 0 Å². The third-order valence-corrected chi connectivity index (χ3v) is 8.11. The minimum absolute atomic E-state index is 0.240. The summed E-state index contributed by atoms with van der Waals surface area (Å²) in [5.74, 6) is 0.606. The molecule has 1 aliphatic carbocycles. The lowest BCUT2D eigenvalue weighted by Gasteiger charge is -2.34. The fourth-order valence-corrected chi connectivity index (χ4v) is 6.31. The Labute approximate surface area is 132 Å². The van der Waals surface area contributed by atoms with Crippen LogP contribution >= 0.6 is 27.3 Å². The molecule has 1 fully saturated rings. The number of sulfonamides is 1. The Morgan fingerprint density at radius 2 is 2.20 bits per heavy atom. The summed E-state index contributed by atoms with van der Waals surface area (Å²) in [5.41, 5.74) is -0.950. The Morgan fingerprint density at radius 3 is 2.65 bits per heavy atom. The number of nitriles is 1. The van der Waals surface area contributed by atoms with Crippen molar-refractivity contribution in [3.05, 3.63) is 15.9 Å². The fraction of sp³-hybridized carbons (Fsp3) is 0.615. The number of rotatable bonds is 4. The Bertz CT molecular complexity index is 611. The van der Waals surface area contributed by atoms with Gasteiger partial charge in [0.25, 0.3) is 10.0 Å². The quantitative estimate of drug-likeness (QED) is 0.871. The Morgan fingerprint density at radius 1 is 1.55 bits per heavy atom. The van der Waals surface area contributed by atoms with Crippen molar-refractivity contribution in [3.8, 4) is 6.07 Å². The van der Waals surface area contributed by atoms with Crippen LogP contribution in [0.3, 0.4) is 0 Å². The summed E-state index contributed by atoms with van der Waals surface area (Å²) < 4.78 is 28.3. The van der Waals surface area contributed by atoms with Crippen molar-refractivity contribution in [2.24, 2.45) is 5.92 Å². The molecule has 1 heterocycles. The molecule has 0 atom stereocenters. The molecule has 1 N–H and O–H groups in total. The summed E-state index contributed by atoms with van der Waals surface area (Å²) in [5, 5.41) is 11.2. The standard InChI is InChI=1S/C13H17BrN2O2S2/c1-2-10-3-6-13(9-15,7-4-10)16-20(17,18)12-11(14)5-8-19-12/h5,8,10,16H,2-4,6-7H2,1H3. The van der Waals surface area contributed by atoms with Crippen molar-refractivity contribution in [1.29, 1.82) is 5.26 Å². The van der Waals surface area contributed by atoms with Gasteiger partial charge >= 0.3 is 0 Å². The first kappa shape index (κ1) is 16.0. The summed E-state index contributed by atoms with van der Waals surface area (Å²) in [6.45, 7) is 2.14. The molecule has 20 heavy (non-hydrogen) atoms. The third kappa shape index (κ3) is 3.25. The zero-order valence-corrected chi connectivity index (χ0v) is 14.4. The molecule has 0 bridgehead atoms. The molecule has 4 nitrogen and oxygen atoms in total. The maximum Gasteiger partial charge on any atom is 0.252 e. The average molecular weight is 377 g/mol. The smallest absolute Gasteiger partial charge is 0.206 e. The highest BCUT2D eigenvalue weighted by Gasteiger charge is 2.39. The second-order valence-electron chi connectivity index (χ2n) is 5.21. The molecule has 7 heteroatoms. The van der Waals surface area contributed by atoms with Gasteiger partial charge in [0.1, 0.15) is 9.75 Å². The first-order valence-electron chi connectivity index (χ1n) is 6.60. The van der Waals surface area contributed by atoms with E-state index in [1.165, 1.54) is 0 Å². The van der Waals surface area contributed by atoms with E-state index in [1.807, 2.05) is 0 Å². The molecule has 0 spiro atoms. The number of nitrogens with zero attached hydrogens (tertiary/aromatic N) is 1. The Kier molecular flexibility index (Phi) is 4.90. The number of thiophene rings is 1. The second-order valence-corrected chi connectivity index (χ2v) is 8.86. The lowest BCUT2D eigenvalue weighted by atomic mass is 9.77. The molecule has 1 saturated carbocycles. The normalized spacial score (nSPS) is 27.1. The zero-order chi connectivity index (χ0) is 14.8. The molecule has 0 aliphatic heterocycles. The number of nitrogens with one attached hydrogen (secondary N) is 1. The van der Waals surface area contributed by atoms with Gasteiger partial charge in [0.05, 0.1) is 6.07 Å². The number of hydrogen-bond donors (Lipinski definition) is 1. The summed E-state index contributed by atoms with van der Waals surface area (Å²) in [6.07, 6.45) is 4.07. The maximum atomic E-state index is 12.4. The molecule has 1 aliphatic rings. The van der Waals surface area contributed by atoms with Crippen LogP contribution in [0.15, 0.2) is 20.1 Å². The van der Waals surface area contributed by atoms with E-state index in [9.17, 15) is 13.7 Å². The third-order valence-electron chi connectivity index (χ3n) is 3.91. The van der Waals surface area contributed by atoms with E-state index in [0.29, 0.717) is 23.2 Å². The highest BCUT2D eigenvalue weighted by molar-refractivity contribution is 9.10. The summed E-state index contributed by atoms with van der Waals surface area (Å²) >= 11 is 4.39. The van der Waals surface area contributed by atoms with Crippen molar-refractivity contribution in [1.82, 2.24) is 4.72 Å². The molecular weight excluding hydrogens is 360 g/mol. The van der Waals surface area contributed by atoms with E-state index in [-0.39, 0.29) is 4.21 Å². The van der Waals surface area contributed by atoms with Gasteiger partial charge in [-0.1, -0.05) is 13.3 Å². The summed E-state index contributed by atoms with van der Waals surface area (Å²) in [7, 11) is -3.64. The van der Waals surface area contributed by atoms with Crippen LogP contribution in [0, 0.1) is 17.2 Å². The van der Waals surface area contributed by atoms with E-state index in [0.717, 1.165) is 30.6 Å². The van der Waals surface area contributed by atoms with E-state index in [4.69, 9.17) is 0 Å². The minimum atomic E-state index is -3.64. The van der Waals surface area contributed by atoms with Gasteiger partial charge < -0.3 is 0 Å². The van der Waals surface area contributed by atoms with Gasteiger partial charge in [0.15, 0.2) is 0 Å². The first-order chi connectivity index (χ1) is 9.42. The predicted octanol–water partition coefficient (Wildman–Crippen LogP) is 3.65. The van der Waals surface area contributed by atoms with Crippen LogP contribution in [-0.2, 0) is 10.0 Å². The second kappa shape index (κ2) is 6.14. The number of hydrogen-bond acceptors (Lipinski definition) is 4. The van der Waals surface area contributed by atoms with Crippen LogP contribution < -0.4 is 4.72 Å². The van der Waals surface area contributed by atoms with Crippen molar-refractivity contribution < 1.29 is 8.42 Å². The van der Waals surface area contributed by atoms with Gasteiger partial charge in [-0.15, -0.1) is 11.3 Å². The van der Waals surface area contributed by atoms with E-state index in [2.05, 4.69) is 33.6 Å². The molecule has 0 radical (unpaired) electrons. The topological polar surface area (TPSA) is 70.0 Å². The Balaban J connectivity index is 2.20. The SMILES string of the molecule is CCC1CCC(C#N)(NS(=O)(=O)c2sccc2Br)CC1. The molecule has 2 rings (SSSR count). The highest BCUT2D eigenvalue weighted by Crippen LogP contribution is 2.36. The van der Waals surface area contributed by atoms with Crippen LogP contribution in [0.5, 0.6) is 0 Å². The van der Waals surface area contributed by atoms with Crippen LogP contribution in [0.25, 0.3) is 0 Å². The maximum absolute atomic E-state index is 12.4. The first-order valence-corrected chi connectivity index (χ1v) is 9.76. The molecule has 0 aromatic carbocycles. The van der Waals surface area contributed by atoms with Crippen molar-refractivity contribution in [2.45, 2.75) is 48.8 Å². The van der Waals surface area contributed by atoms with Gasteiger partial charge in [0.2, 0.25) is 0 Å². The van der Waals surface area contributed by atoms with Crippen LogP contribution in [0.4, 0.5) is 0 Å². The largest absolute Gasteiger partial charge is 0.252 e. The minimum Gasteiger partial charge on any atom is -0.206 e. The lowest BCUT2D eigenvalue weighted by molar-refractivity contribution is 0.259. The fourth-order valence-electron chi connectivity index (χ4n) is 2.59. The molecular formula is C13H17BrN2O2S2. The van der Waals surface area contributed by atoms with Crippen LogP contribution in [0.2, 0.25) is 0 Å². The zero-order valence-electron chi connectivity index (χ0n) is 11.2. The van der Waals surface area contributed by atoms with Gasteiger partial charge in [-0.05, 0) is 59.0 Å². The van der Waals surface area contributed by atoms with E-state index in [1.54, 1.807) is 11.4 Å². The molecule has 1 aromatic rings. The lowest BCUT2D eigenvalue weighted by Crippen LogP contribution is -2.49. The van der Waals surface area contributed by atoms with E-state index >= 15 is 0 Å². The van der Waals surface area contributed by atoms with Gasteiger partial charge in [-0.25, -0.2) is 8.42 Å². The molecule has 1 aromatic heterocycles. The molecule has 0 saturated heterocycles. The van der Waals surface area contributed by atoms with Gasteiger partial charge in [-0.2, -0.15) is 9.98 Å². The van der Waals surface area contributed by atoms with Crippen LogP contribution in [0.1, 0.15) is 39.0 Å². The van der Waals surface area contributed by atoms with E-state index < -0.39 is 15.6 Å². The predicted molar refractivity (Wildman–Crippen MR) is 82.9 cm³/mol. The Hall–Kier alpha value is -0.420. The summed E-state index contributed by atoms with van der Waals surface area (Å²) in [6, 6.07) is 3.90. The van der Waals surface area contributed by atoms with Crippen molar-refractivity contribution >= 4 is 37.3 Å². The van der Waals surface area contributed by atoms with Gasteiger partial charge in [-0.3, -0.25) is 0 Å². The highest BCUT2D eigenvalue weighted by atomic mass is 79.9. The van der Waals surface area contributed by atoms with Crippen LogP contribution in [-0.4, -0.2) is 14.0 Å². The monoisotopic (exact) mass is 376 g/mol. The summed E-state index contributed by atoms with van der Waals surface area (Å²) in [4.78, 5) is 0. The molecule has 0 amide bonds. The van der Waals surface area contributed by atoms with Crippen molar-refractivity contribution in [3.63, 3.8) is 0 Å². The molecule has 110 valence electrons. The number of halogens is 1. The van der Waals surface area contributed by atoms with Gasteiger partial charge in [0, 0.05) is 4.47 Å². The average Bonchev–Trinajstić information content (AvgIpc) is 2.86. The molecule has 0 unspecified atom stereocenters.